The lowest BCUT2D eigenvalue weighted by Gasteiger charge is -2.34. The molecule has 0 saturated carbocycles. The Morgan fingerprint density at radius 3 is 2.33 bits per heavy atom. The summed E-state index contributed by atoms with van der Waals surface area (Å²) < 4.78 is 33.0. The van der Waals surface area contributed by atoms with Crippen molar-refractivity contribution >= 4 is 15.9 Å². The first-order valence-corrected chi connectivity index (χ1v) is 11.6. The summed E-state index contributed by atoms with van der Waals surface area (Å²) in [7, 11) is -0.309. The van der Waals surface area contributed by atoms with Crippen molar-refractivity contribution < 1.29 is 17.9 Å². The topological polar surface area (TPSA) is 66.9 Å². The number of methoxy groups -OCH3 is 1. The minimum absolute atomic E-state index is 0.174. The molecular formula is C23H30N2O4S. The van der Waals surface area contributed by atoms with Crippen LogP contribution in [-0.2, 0) is 16.6 Å². The number of hydrogen-bond donors (Lipinski definition) is 0. The number of hydrogen-bond acceptors (Lipinski definition) is 4. The summed E-state index contributed by atoms with van der Waals surface area (Å²) in [5.41, 5.74) is 1.33. The number of carbonyl (C=O) groups is 1. The number of carbonyl (C=O) groups excluding carboxylic acids is 1. The molecule has 2 atom stereocenters. The van der Waals surface area contributed by atoms with Crippen LogP contribution in [0.3, 0.4) is 0 Å². The van der Waals surface area contributed by atoms with Crippen LogP contribution in [0.1, 0.15) is 36.2 Å². The number of sulfonamides is 1. The highest BCUT2D eigenvalue weighted by molar-refractivity contribution is 7.89. The van der Waals surface area contributed by atoms with E-state index < -0.39 is 10.0 Å². The molecule has 1 amide bonds. The maximum atomic E-state index is 13.2. The van der Waals surface area contributed by atoms with Gasteiger partial charge in [-0.1, -0.05) is 32.0 Å². The van der Waals surface area contributed by atoms with E-state index in [9.17, 15) is 13.2 Å². The summed E-state index contributed by atoms with van der Waals surface area (Å²) in [5, 5.41) is 0. The van der Waals surface area contributed by atoms with Crippen molar-refractivity contribution in [3.63, 3.8) is 0 Å². The van der Waals surface area contributed by atoms with Crippen LogP contribution in [0.2, 0.25) is 0 Å². The monoisotopic (exact) mass is 430 g/mol. The largest absolute Gasteiger partial charge is 0.497 e. The Balaban J connectivity index is 1.77. The van der Waals surface area contributed by atoms with Crippen molar-refractivity contribution in [1.29, 1.82) is 0 Å². The van der Waals surface area contributed by atoms with Crippen molar-refractivity contribution in [3.8, 4) is 5.75 Å². The predicted octanol–water partition coefficient (Wildman–Crippen LogP) is 3.63. The molecule has 0 aliphatic carbocycles. The fraction of sp³-hybridized carbons (Fsp3) is 0.435. The third kappa shape index (κ3) is 5.02. The molecule has 7 heteroatoms. The highest BCUT2D eigenvalue weighted by Gasteiger charge is 2.32. The Morgan fingerprint density at radius 1 is 1.10 bits per heavy atom. The van der Waals surface area contributed by atoms with Gasteiger partial charge in [-0.25, -0.2) is 8.42 Å². The Morgan fingerprint density at radius 2 is 1.73 bits per heavy atom. The summed E-state index contributed by atoms with van der Waals surface area (Å²) in [6.07, 6.45) is 1.03. The quantitative estimate of drug-likeness (QED) is 0.702. The van der Waals surface area contributed by atoms with Gasteiger partial charge in [0.1, 0.15) is 5.75 Å². The number of ether oxygens (including phenoxy) is 1. The number of amides is 1. The van der Waals surface area contributed by atoms with Crippen molar-refractivity contribution in [2.45, 2.75) is 31.7 Å². The van der Waals surface area contributed by atoms with E-state index >= 15 is 0 Å². The zero-order chi connectivity index (χ0) is 21.9. The molecule has 162 valence electrons. The lowest BCUT2D eigenvalue weighted by atomic mass is 9.94. The van der Waals surface area contributed by atoms with Crippen LogP contribution in [0.4, 0.5) is 0 Å². The molecule has 1 aliphatic heterocycles. The maximum absolute atomic E-state index is 13.2. The number of rotatable bonds is 6. The first-order valence-electron chi connectivity index (χ1n) is 10.2. The number of piperidine rings is 1. The van der Waals surface area contributed by atoms with Crippen LogP contribution < -0.4 is 4.74 Å². The lowest BCUT2D eigenvalue weighted by Crippen LogP contribution is -2.42. The summed E-state index contributed by atoms with van der Waals surface area (Å²) in [5.74, 6) is 1.18. The van der Waals surface area contributed by atoms with E-state index in [4.69, 9.17) is 4.74 Å². The third-order valence-corrected chi connectivity index (χ3v) is 7.31. The minimum Gasteiger partial charge on any atom is -0.497 e. The fourth-order valence-corrected chi connectivity index (χ4v) is 5.76. The molecule has 0 bridgehead atoms. The SMILES string of the molecule is COc1ccc(CN(C)C(=O)c2cccc(S(=O)(=O)N3CC(C)CC(C)C3)c2)cc1. The van der Waals surface area contributed by atoms with Crippen LogP contribution in [-0.4, -0.2) is 50.8 Å². The van der Waals surface area contributed by atoms with Crippen molar-refractivity contribution in [2.24, 2.45) is 11.8 Å². The normalized spacial score (nSPS) is 20.0. The molecule has 2 unspecified atom stereocenters. The van der Waals surface area contributed by atoms with Crippen molar-refractivity contribution in [3.05, 3.63) is 59.7 Å². The van der Waals surface area contributed by atoms with E-state index in [1.54, 1.807) is 41.6 Å². The summed E-state index contributed by atoms with van der Waals surface area (Å²) >= 11 is 0. The molecular weight excluding hydrogens is 400 g/mol. The molecule has 0 N–H and O–H groups in total. The van der Waals surface area contributed by atoms with Gasteiger partial charge in [-0.2, -0.15) is 4.31 Å². The van der Waals surface area contributed by atoms with Crippen LogP contribution in [0, 0.1) is 11.8 Å². The Labute approximate surface area is 179 Å². The van der Waals surface area contributed by atoms with Gasteiger partial charge in [-0.3, -0.25) is 4.79 Å². The van der Waals surface area contributed by atoms with E-state index in [2.05, 4.69) is 13.8 Å². The molecule has 0 aromatic heterocycles. The molecule has 1 saturated heterocycles. The van der Waals surface area contributed by atoms with Gasteiger partial charge in [0.25, 0.3) is 5.91 Å². The molecule has 1 fully saturated rings. The smallest absolute Gasteiger partial charge is 0.253 e. The molecule has 1 aliphatic rings. The lowest BCUT2D eigenvalue weighted by molar-refractivity contribution is 0.0785. The second-order valence-corrected chi connectivity index (χ2v) is 10.2. The minimum atomic E-state index is -3.63. The fourth-order valence-electron chi connectivity index (χ4n) is 4.04. The standard InChI is InChI=1S/C23H30N2O4S/c1-17-12-18(2)15-25(14-17)30(27,28)22-7-5-6-20(13-22)23(26)24(3)16-19-8-10-21(29-4)11-9-19/h5-11,13,17-18H,12,14-16H2,1-4H3. The summed E-state index contributed by atoms with van der Waals surface area (Å²) in [4.78, 5) is 14.7. The highest BCUT2D eigenvalue weighted by Crippen LogP contribution is 2.27. The van der Waals surface area contributed by atoms with Crippen LogP contribution >= 0.6 is 0 Å². The van der Waals surface area contributed by atoms with Gasteiger partial charge in [-0.15, -0.1) is 0 Å². The first kappa shape index (κ1) is 22.3. The molecule has 2 aromatic rings. The van der Waals surface area contributed by atoms with Gasteiger partial charge in [-0.05, 0) is 54.2 Å². The van der Waals surface area contributed by atoms with Crippen LogP contribution in [0.5, 0.6) is 5.75 Å². The zero-order valence-electron chi connectivity index (χ0n) is 18.0. The summed E-state index contributed by atoms with van der Waals surface area (Å²) in [6.45, 7) is 5.60. The molecule has 2 aromatic carbocycles. The second-order valence-electron chi connectivity index (χ2n) is 8.31. The van der Waals surface area contributed by atoms with Crippen LogP contribution in [0.25, 0.3) is 0 Å². The van der Waals surface area contributed by atoms with Crippen LogP contribution in [0.15, 0.2) is 53.4 Å². The molecule has 1 heterocycles. The van der Waals surface area contributed by atoms with Crippen molar-refractivity contribution in [1.82, 2.24) is 9.21 Å². The number of nitrogens with zero attached hydrogens (tertiary/aromatic N) is 2. The Hall–Kier alpha value is -2.38. The average molecular weight is 431 g/mol. The maximum Gasteiger partial charge on any atom is 0.253 e. The van der Waals surface area contributed by atoms with Gasteiger partial charge in [0.05, 0.1) is 12.0 Å². The zero-order valence-corrected chi connectivity index (χ0v) is 18.9. The van der Waals surface area contributed by atoms with Gasteiger partial charge >= 0.3 is 0 Å². The average Bonchev–Trinajstić information content (AvgIpc) is 2.73. The van der Waals surface area contributed by atoms with Crippen molar-refractivity contribution in [2.75, 3.05) is 27.2 Å². The first-order chi connectivity index (χ1) is 14.2. The third-order valence-electron chi connectivity index (χ3n) is 5.48. The van der Waals surface area contributed by atoms with E-state index in [-0.39, 0.29) is 10.8 Å². The number of benzene rings is 2. The van der Waals surface area contributed by atoms with Gasteiger partial charge in [0, 0.05) is 32.2 Å². The molecule has 0 radical (unpaired) electrons. The summed E-state index contributed by atoms with van der Waals surface area (Å²) in [6, 6.07) is 13.9. The van der Waals surface area contributed by atoms with Gasteiger partial charge in [0.15, 0.2) is 0 Å². The molecule has 0 spiro atoms. The van der Waals surface area contributed by atoms with E-state index in [1.807, 2.05) is 24.3 Å². The second kappa shape index (κ2) is 9.18. The van der Waals surface area contributed by atoms with Gasteiger partial charge in [0.2, 0.25) is 10.0 Å². The van der Waals surface area contributed by atoms with E-state index in [0.29, 0.717) is 37.0 Å². The van der Waals surface area contributed by atoms with Gasteiger partial charge < -0.3 is 9.64 Å². The predicted molar refractivity (Wildman–Crippen MR) is 117 cm³/mol. The Kier molecular flexibility index (Phi) is 6.83. The highest BCUT2D eigenvalue weighted by atomic mass is 32.2. The molecule has 3 rings (SSSR count). The molecule has 30 heavy (non-hydrogen) atoms. The van der Waals surface area contributed by atoms with E-state index in [1.165, 1.54) is 6.07 Å². The Bertz CT molecular complexity index is 979. The molecule has 6 nitrogen and oxygen atoms in total. The van der Waals surface area contributed by atoms with E-state index in [0.717, 1.165) is 17.7 Å².